The van der Waals surface area contributed by atoms with Crippen molar-refractivity contribution in [2.45, 2.75) is 26.3 Å². The maximum Gasteiger partial charge on any atom is 0.237 e. The van der Waals surface area contributed by atoms with Gasteiger partial charge in [-0.05, 0) is 27.4 Å². The molecule has 0 heterocycles. The molecule has 0 radical (unpaired) electrons. The fourth-order valence-corrected chi connectivity index (χ4v) is 0.583. The van der Waals surface area contributed by atoms with Gasteiger partial charge in [0.1, 0.15) is 0 Å². The van der Waals surface area contributed by atoms with Crippen molar-refractivity contribution in [1.82, 2.24) is 4.90 Å². The zero-order valence-corrected chi connectivity index (χ0v) is 7.14. The summed E-state index contributed by atoms with van der Waals surface area (Å²) in [6, 6.07) is 0. The SMILES string of the molecule is CCN(C)C(C)(C)C(N)=O. The van der Waals surface area contributed by atoms with Crippen LogP contribution in [0.3, 0.4) is 0 Å². The Kier molecular flexibility index (Phi) is 2.84. The molecule has 10 heavy (non-hydrogen) atoms. The van der Waals surface area contributed by atoms with E-state index in [0.717, 1.165) is 6.54 Å². The van der Waals surface area contributed by atoms with Gasteiger partial charge in [0.15, 0.2) is 0 Å². The van der Waals surface area contributed by atoms with Crippen molar-refractivity contribution in [3.05, 3.63) is 0 Å². The summed E-state index contributed by atoms with van der Waals surface area (Å²) in [5.41, 5.74) is 4.65. The van der Waals surface area contributed by atoms with Crippen molar-refractivity contribution in [3.8, 4) is 0 Å². The van der Waals surface area contributed by atoms with Crippen LogP contribution in [0, 0.1) is 0 Å². The molecular formula is C7H16N2O. The van der Waals surface area contributed by atoms with E-state index in [1.54, 1.807) is 0 Å². The molecule has 0 saturated carbocycles. The van der Waals surface area contributed by atoms with Gasteiger partial charge < -0.3 is 5.73 Å². The molecule has 60 valence electrons. The highest BCUT2D eigenvalue weighted by molar-refractivity contribution is 5.83. The molecule has 0 aromatic heterocycles. The first-order valence-electron chi connectivity index (χ1n) is 3.44. The van der Waals surface area contributed by atoms with E-state index in [-0.39, 0.29) is 5.91 Å². The van der Waals surface area contributed by atoms with E-state index in [1.165, 1.54) is 0 Å². The highest BCUT2D eigenvalue weighted by Crippen LogP contribution is 2.09. The van der Waals surface area contributed by atoms with Gasteiger partial charge in [-0.3, -0.25) is 9.69 Å². The minimum Gasteiger partial charge on any atom is -0.368 e. The van der Waals surface area contributed by atoms with Gasteiger partial charge in [-0.15, -0.1) is 0 Å². The number of nitrogens with zero attached hydrogens (tertiary/aromatic N) is 1. The Hall–Kier alpha value is -0.570. The highest BCUT2D eigenvalue weighted by Gasteiger charge is 2.28. The molecule has 0 bridgehead atoms. The van der Waals surface area contributed by atoms with Crippen LogP contribution in [0.15, 0.2) is 0 Å². The van der Waals surface area contributed by atoms with Gasteiger partial charge >= 0.3 is 0 Å². The number of amides is 1. The van der Waals surface area contributed by atoms with Crippen LogP contribution >= 0.6 is 0 Å². The second kappa shape index (κ2) is 3.01. The largest absolute Gasteiger partial charge is 0.368 e. The first-order valence-corrected chi connectivity index (χ1v) is 3.44. The maximum atomic E-state index is 10.8. The third kappa shape index (κ3) is 1.70. The number of primary amides is 1. The number of likely N-dealkylation sites (N-methyl/N-ethyl adjacent to an activating group) is 1. The fraction of sp³-hybridized carbons (Fsp3) is 0.857. The van der Waals surface area contributed by atoms with Gasteiger partial charge in [0.25, 0.3) is 0 Å². The molecule has 1 amide bonds. The summed E-state index contributed by atoms with van der Waals surface area (Å²) >= 11 is 0. The normalized spacial score (nSPS) is 12.1. The van der Waals surface area contributed by atoms with Crippen molar-refractivity contribution in [3.63, 3.8) is 0 Å². The summed E-state index contributed by atoms with van der Waals surface area (Å²) in [7, 11) is 1.88. The minimum absolute atomic E-state index is 0.281. The number of nitrogens with two attached hydrogens (primary N) is 1. The van der Waals surface area contributed by atoms with E-state index in [4.69, 9.17) is 5.73 Å². The Morgan fingerprint density at radius 3 is 2.10 bits per heavy atom. The monoisotopic (exact) mass is 144 g/mol. The summed E-state index contributed by atoms with van der Waals surface area (Å²) in [6.07, 6.45) is 0. The Labute approximate surface area is 62.2 Å². The fourth-order valence-electron chi connectivity index (χ4n) is 0.583. The van der Waals surface area contributed by atoms with Crippen molar-refractivity contribution >= 4 is 5.91 Å². The standard InChI is InChI=1S/C7H16N2O/c1-5-9(4)7(2,3)6(8)10/h5H2,1-4H3,(H2,8,10). The van der Waals surface area contributed by atoms with Crippen LogP contribution in [-0.2, 0) is 4.79 Å². The van der Waals surface area contributed by atoms with Crippen molar-refractivity contribution in [2.24, 2.45) is 5.73 Å². The van der Waals surface area contributed by atoms with E-state index in [2.05, 4.69) is 0 Å². The van der Waals surface area contributed by atoms with Crippen LogP contribution in [-0.4, -0.2) is 29.9 Å². The summed E-state index contributed by atoms with van der Waals surface area (Å²) < 4.78 is 0. The maximum absolute atomic E-state index is 10.8. The van der Waals surface area contributed by atoms with Gasteiger partial charge in [-0.25, -0.2) is 0 Å². The quantitative estimate of drug-likeness (QED) is 0.615. The lowest BCUT2D eigenvalue weighted by Crippen LogP contribution is -2.51. The third-order valence-electron chi connectivity index (χ3n) is 2.03. The minimum atomic E-state index is -0.519. The second-order valence-electron chi connectivity index (χ2n) is 2.94. The molecule has 0 aromatic carbocycles. The molecule has 2 N–H and O–H groups in total. The zero-order valence-electron chi connectivity index (χ0n) is 7.14. The number of carbonyl (C=O) groups excluding carboxylic acids is 1. The predicted molar refractivity (Wildman–Crippen MR) is 41.6 cm³/mol. The summed E-state index contributed by atoms with van der Waals surface area (Å²) in [6.45, 7) is 6.46. The lowest BCUT2D eigenvalue weighted by Gasteiger charge is -2.31. The molecule has 0 atom stereocenters. The Morgan fingerprint density at radius 2 is 2.00 bits per heavy atom. The summed E-state index contributed by atoms with van der Waals surface area (Å²) in [5.74, 6) is -0.281. The molecule has 0 aliphatic carbocycles. The van der Waals surface area contributed by atoms with E-state index in [9.17, 15) is 4.79 Å². The molecule has 0 spiro atoms. The Bertz CT molecular complexity index is 132. The average molecular weight is 144 g/mol. The van der Waals surface area contributed by atoms with Crippen molar-refractivity contribution < 1.29 is 4.79 Å². The van der Waals surface area contributed by atoms with Gasteiger partial charge in [-0.2, -0.15) is 0 Å². The number of carbonyl (C=O) groups is 1. The molecule has 0 aliphatic rings. The smallest absolute Gasteiger partial charge is 0.237 e. The molecule has 0 aromatic rings. The highest BCUT2D eigenvalue weighted by atomic mass is 16.1. The first-order chi connectivity index (χ1) is 4.42. The molecule has 0 unspecified atom stereocenters. The van der Waals surface area contributed by atoms with Gasteiger partial charge in [0.05, 0.1) is 5.54 Å². The van der Waals surface area contributed by atoms with E-state index in [1.807, 2.05) is 32.7 Å². The number of hydrogen-bond donors (Lipinski definition) is 1. The number of rotatable bonds is 3. The molecule has 3 heteroatoms. The van der Waals surface area contributed by atoms with Gasteiger partial charge in [0, 0.05) is 0 Å². The molecule has 3 nitrogen and oxygen atoms in total. The van der Waals surface area contributed by atoms with Crippen LogP contribution in [0.25, 0.3) is 0 Å². The van der Waals surface area contributed by atoms with Gasteiger partial charge in [-0.1, -0.05) is 6.92 Å². The Balaban J connectivity index is 4.23. The lowest BCUT2D eigenvalue weighted by atomic mass is 10.0. The van der Waals surface area contributed by atoms with Crippen LogP contribution < -0.4 is 5.73 Å². The van der Waals surface area contributed by atoms with Crippen LogP contribution in [0.4, 0.5) is 0 Å². The second-order valence-corrected chi connectivity index (χ2v) is 2.94. The topological polar surface area (TPSA) is 46.3 Å². The van der Waals surface area contributed by atoms with E-state index in [0.29, 0.717) is 0 Å². The summed E-state index contributed by atoms with van der Waals surface area (Å²) in [5, 5.41) is 0. The van der Waals surface area contributed by atoms with Crippen LogP contribution in [0.2, 0.25) is 0 Å². The molecule has 0 aliphatic heterocycles. The Morgan fingerprint density at radius 1 is 1.60 bits per heavy atom. The molecule has 0 rings (SSSR count). The first kappa shape index (κ1) is 9.43. The molecular weight excluding hydrogens is 128 g/mol. The summed E-state index contributed by atoms with van der Waals surface area (Å²) in [4.78, 5) is 12.7. The number of hydrogen-bond acceptors (Lipinski definition) is 2. The van der Waals surface area contributed by atoms with Crippen molar-refractivity contribution in [1.29, 1.82) is 0 Å². The van der Waals surface area contributed by atoms with Gasteiger partial charge in [0.2, 0.25) is 5.91 Å². The third-order valence-corrected chi connectivity index (χ3v) is 2.03. The zero-order chi connectivity index (χ0) is 8.36. The molecule has 0 saturated heterocycles. The predicted octanol–water partition coefficient (Wildman–Crippen LogP) is 0.202. The van der Waals surface area contributed by atoms with Crippen LogP contribution in [0.5, 0.6) is 0 Å². The van der Waals surface area contributed by atoms with Crippen LogP contribution in [0.1, 0.15) is 20.8 Å². The average Bonchev–Trinajstić information content (AvgIpc) is 1.86. The lowest BCUT2D eigenvalue weighted by molar-refractivity contribution is -0.127. The van der Waals surface area contributed by atoms with E-state index >= 15 is 0 Å². The van der Waals surface area contributed by atoms with Crippen molar-refractivity contribution in [2.75, 3.05) is 13.6 Å². The molecule has 0 fully saturated rings. The van der Waals surface area contributed by atoms with E-state index < -0.39 is 5.54 Å².